The van der Waals surface area contributed by atoms with Crippen molar-refractivity contribution in [3.63, 3.8) is 0 Å². The highest BCUT2D eigenvalue weighted by atomic mass is 16.3. The third kappa shape index (κ3) is 8.48. The Bertz CT molecular complexity index is 1890. The molecule has 2 fully saturated rings. The minimum atomic E-state index is -1.02. The van der Waals surface area contributed by atoms with Gasteiger partial charge >= 0.3 is 0 Å². The number of hydrogen-bond acceptors (Lipinski definition) is 14. The molecule has 0 spiro atoms. The van der Waals surface area contributed by atoms with Gasteiger partial charge in [-0.1, -0.05) is 0 Å². The number of hydrogen-bond donors (Lipinski definition) is 6. The van der Waals surface area contributed by atoms with Gasteiger partial charge in [0.25, 0.3) is 0 Å². The summed E-state index contributed by atoms with van der Waals surface area (Å²) in [7, 11) is 0. The summed E-state index contributed by atoms with van der Waals surface area (Å²) in [6.45, 7) is 7.13. The summed E-state index contributed by atoms with van der Waals surface area (Å²) in [4.78, 5) is 55.8. The first-order valence-corrected chi connectivity index (χ1v) is 19.3. The quantitative estimate of drug-likeness (QED) is 0.165. The van der Waals surface area contributed by atoms with E-state index in [1.807, 2.05) is 12.1 Å². The molecular weight excluding hydrogens is 717 g/mol. The van der Waals surface area contributed by atoms with E-state index in [0.717, 1.165) is 36.8 Å². The van der Waals surface area contributed by atoms with Gasteiger partial charge in [-0.25, -0.2) is 19.9 Å². The fourth-order valence-corrected chi connectivity index (χ4v) is 7.55. The van der Waals surface area contributed by atoms with Crippen molar-refractivity contribution < 1.29 is 30.0 Å². The first-order valence-electron chi connectivity index (χ1n) is 19.3. The zero-order valence-corrected chi connectivity index (χ0v) is 32.2. The van der Waals surface area contributed by atoms with E-state index in [4.69, 9.17) is 9.97 Å². The summed E-state index contributed by atoms with van der Waals surface area (Å²) in [5.74, 6) is 2.18. The van der Waals surface area contributed by atoms with E-state index in [-0.39, 0.29) is 49.2 Å². The van der Waals surface area contributed by atoms with Crippen molar-refractivity contribution in [2.75, 3.05) is 33.5 Å². The second-order valence-corrected chi connectivity index (χ2v) is 16.0. The molecule has 2 amide bonds. The van der Waals surface area contributed by atoms with E-state index >= 15 is 0 Å². The Kier molecular flexibility index (Phi) is 11.0. The highest BCUT2D eigenvalue weighted by Gasteiger charge is 2.36. The van der Waals surface area contributed by atoms with Crippen molar-refractivity contribution in [2.45, 2.75) is 115 Å². The summed E-state index contributed by atoms with van der Waals surface area (Å²) in [5, 5.41) is 45.8. The SMILES string of the molecule is CC(C)(O)c1ccc(-c2cnc3c(n2)N(C2CCC(O)CC2)C(=O)CN3)cn1.CC(C)(O)c1ccc(-c2cnc3c(n2)N(C2CCC(O)CC2)C(=O)CN3)cn1. The van der Waals surface area contributed by atoms with E-state index in [1.165, 1.54) is 0 Å². The molecule has 56 heavy (non-hydrogen) atoms. The Morgan fingerprint density at radius 3 is 1.27 bits per heavy atom. The third-order valence-electron chi connectivity index (χ3n) is 10.8. The van der Waals surface area contributed by atoms with E-state index in [2.05, 4.69) is 30.6 Å². The minimum absolute atomic E-state index is 0.0250. The molecule has 0 bridgehead atoms. The van der Waals surface area contributed by atoms with Crippen LogP contribution in [0.5, 0.6) is 0 Å². The number of aromatic nitrogens is 6. The van der Waals surface area contributed by atoms with Crippen molar-refractivity contribution in [1.82, 2.24) is 29.9 Å². The average molecular weight is 767 g/mol. The van der Waals surface area contributed by atoms with E-state index in [1.54, 1.807) is 74.4 Å². The topological polar surface area (TPSA) is 223 Å². The maximum Gasteiger partial charge on any atom is 0.247 e. The smallest absolute Gasteiger partial charge is 0.247 e. The number of fused-ring (bicyclic) bond motifs is 2. The summed E-state index contributed by atoms with van der Waals surface area (Å²) in [6.07, 6.45) is 11.8. The van der Waals surface area contributed by atoms with Gasteiger partial charge in [0.15, 0.2) is 23.3 Å². The molecule has 2 aliphatic carbocycles. The second kappa shape index (κ2) is 15.8. The van der Waals surface area contributed by atoms with Crippen LogP contribution < -0.4 is 20.4 Å². The van der Waals surface area contributed by atoms with E-state index in [0.29, 0.717) is 71.7 Å². The van der Waals surface area contributed by atoms with Crippen LogP contribution in [0.3, 0.4) is 0 Å². The van der Waals surface area contributed by atoms with Crippen LogP contribution in [0.2, 0.25) is 0 Å². The third-order valence-corrected chi connectivity index (χ3v) is 10.8. The van der Waals surface area contributed by atoms with Crippen LogP contribution >= 0.6 is 0 Å². The largest absolute Gasteiger partial charge is 0.393 e. The molecule has 0 aromatic carbocycles. The molecule has 6 heterocycles. The van der Waals surface area contributed by atoms with Crippen LogP contribution in [0.25, 0.3) is 22.5 Å². The van der Waals surface area contributed by atoms with Gasteiger partial charge in [-0.15, -0.1) is 0 Å². The number of nitrogens with zero attached hydrogens (tertiary/aromatic N) is 8. The summed E-state index contributed by atoms with van der Waals surface area (Å²) in [5.41, 5.74) is 1.87. The van der Waals surface area contributed by atoms with Crippen molar-refractivity contribution in [2.24, 2.45) is 0 Å². The number of rotatable bonds is 6. The molecule has 4 aromatic rings. The summed E-state index contributed by atoms with van der Waals surface area (Å²) >= 11 is 0. The lowest BCUT2D eigenvalue weighted by Crippen LogP contribution is -2.49. The number of carbonyl (C=O) groups excluding carboxylic acids is 2. The lowest BCUT2D eigenvalue weighted by atomic mass is 9.91. The molecule has 0 saturated heterocycles. The number of amides is 2. The first-order chi connectivity index (χ1) is 26.7. The highest BCUT2D eigenvalue weighted by molar-refractivity contribution is 6.02. The van der Waals surface area contributed by atoms with Gasteiger partial charge in [-0.3, -0.25) is 29.4 Å². The van der Waals surface area contributed by atoms with Crippen molar-refractivity contribution in [3.8, 4) is 22.5 Å². The predicted octanol–water partition coefficient (Wildman–Crippen LogP) is 3.66. The Morgan fingerprint density at radius 1 is 0.571 bits per heavy atom. The van der Waals surface area contributed by atoms with Crippen molar-refractivity contribution in [1.29, 1.82) is 0 Å². The number of anilines is 4. The number of aliphatic hydroxyl groups is 4. The van der Waals surface area contributed by atoms with Gasteiger partial charge in [0, 0.05) is 35.6 Å². The Labute approximate surface area is 325 Å². The number of nitrogens with one attached hydrogen (secondary N) is 2. The minimum Gasteiger partial charge on any atom is -0.393 e. The molecule has 0 unspecified atom stereocenters. The zero-order valence-electron chi connectivity index (χ0n) is 32.2. The first kappa shape index (κ1) is 39.1. The van der Waals surface area contributed by atoms with Crippen LogP contribution in [0, 0.1) is 0 Å². The highest BCUT2D eigenvalue weighted by Crippen LogP contribution is 2.36. The summed E-state index contributed by atoms with van der Waals surface area (Å²) < 4.78 is 0. The van der Waals surface area contributed by atoms with Gasteiger partial charge < -0.3 is 31.1 Å². The van der Waals surface area contributed by atoms with Gasteiger partial charge in [-0.2, -0.15) is 0 Å². The van der Waals surface area contributed by atoms with Gasteiger partial charge in [0.2, 0.25) is 11.8 Å². The monoisotopic (exact) mass is 766 g/mol. The molecule has 296 valence electrons. The molecule has 4 aliphatic rings. The van der Waals surface area contributed by atoms with Crippen LogP contribution in [0.15, 0.2) is 49.1 Å². The zero-order chi connectivity index (χ0) is 39.8. The molecule has 2 saturated carbocycles. The number of aliphatic hydroxyl groups excluding tert-OH is 2. The van der Waals surface area contributed by atoms with Crippen LogP contribution in [0.1, 0.15) is 90.4 Å². The Hall–Kier alpha value is -5.16. The van der Waals surface area contributed by atoms with Crippen molar-refractivity contribution >= 4 is 35.1 Å². The predicted molar refractivity (Wildman–Crippen MR) is 209 cm³/mol. The normalized spacial score (nSPS) is 22.6. The Balaban J connectivity index is 0.000000172. The molecule has 4 aromatic heterocycles. The van der Waals surface area contributed by atoms with Gasteiger partial charge in [0.05, 0.1) is 60.5 Å². The maximum atomic E-state index is 12.6. The average Bonchev–Trinajstić information content (AvgIpc) is 3.18. The molecule has 0 atom stereocenters. The lowest BCUT2D eigenvalue weighted by molar-refractivity contribution is -0.118. The molecule has 16 nitrogen and oxygen atoms in total. The molecular formula is C40H50N10O6. The van der Waals surface area contributed by atoms with Gasteiger partial charge in [0.1, 0.15) is 11.2 Å². The summed E-state index contributed by atoms with van der Waals surface area (Å²) in [6, 6.07) is 7.26. The number of pyridine rings is 2. The van der Waals surface area contributed by atoms with E-state index < -0.39 is 11.2 Å². The van der Waals surface area contributed by atoms with Gasteiger partial charge in [-0.05, 0) is 103 Å². The standard InChI is InChI=1S/2C20H25N5O3/c2*1-20(2,28)16-8-3-12(9-21-16)15-10-22-18-19(24-15)25(17(27)11-23-18)13-4-6-14(26)7-5-13/h2*3,8-10,13-14,26,28H,4-7,11H2,1-2H3,(H,22,23). The molecule has 8 rings (SSSR count). The molecule has 6 N–H and O–H groups in total. The van der Waals surface area contributed by atoms with Crippen molar-refractivity contribution in [3.05, 3.63) is 60.4 Å². The molecule has 0 radical (unpaired) electrons. The van der Waals surface area contributed by atoms with Crippen LogP contribution in [-0.4, -0.2) is 99.5 Å². The van der Waals surface area contributed by atoms with Crippen LogP contribution in [-0.2, 0) is 20.8 Å². The van der Waals surface area contributed by atoms with Crippen LogP contribution in [0.4, 0.5) is 23.3 Å². The number of carbonyl (C=O) groups is 2. The maximum absolute atomic E-state index is 12.6. The fourth-order valence-electron chi connectivity index (χ4n) is 7.55. The Morgan fingerprint density at radius 2 is 0.946 bits per heavy atom. The molecule has 16 heteroatoms. The fraction of sp³-hybridized carbons (Fsp3) is 0.500. The van der Waals surface area contributed by atoms with E-state index in [9.17, 15) is 30.0 Å². The second-order valence-electron chi connectivity index (χ2n) is 16.0. The molecule has 2 aliphatic heterocycles. The lowest BCUT2D eigenvalue weighted by Gasteiger charge is -2.38.